The first-order valence-electron chi connectivity index (χ1n) is 10.3. The van der Waals surface area contributed by atoms with E-state index in [2.05, 4.69) is 25.3 Å². The van der Waals surface area contributed by atoms with E-state index in [1.165, 1.54) is 6.42 Å². The minimum atomic E-state index is -0.178. The lowest BCUT2D eigenvalue weighted by Crippen LogP contribution is -2.23. The largest absolute Gasteiger partial charge is 0.355 e. The van der Waals surface area contributed by atoms with Gasteiger partial charge in [-0.3, -0.25) is 9.48 Å². The van der Waals surface area contributed by atoms with Gasteiger partial charge in [0.25, 0.3) is 5.91 Å². The molecule has 0 unspecified atom stereocenters. The van der Waals surface area contributed by atoms with E-state index in [1.807, 2.05) is 41.2 Å². The summed E-state index contributed by atoms with van der Waals surface area (Å²) in [6, 6.07) is 10.3. The molecule has 1 saturated heterocycles. The molecule has 1 N–H and O–H groups in total. The SMILES string of the molecule is O=C(Nc1c(-c2ccccc2)ncnc1N1CCCC1)c1cnn(C2CCC2)c1. The highest BCUT2D eigenvalue weighted by molar-refractivity contribution is 6.07. The molecule has 2 aliphatic rings. The van der Waals surface area contributed by atoms with Crippen LogP contribution in [0, 0.1) is 0 Å². The molecular weight excluding hydrogens is 364 g/mol. The predicted octanol–water partition coefficient (Wildman–Crippen LogP) is 3.92. The summed E-state index contributed by atoms with van der Waals surface area (Å²) in [5.74, 6) is 0.610. The van der Waals surface area contributed by atoms with Crippen LogP contribution in [0.4, 0.5) is 11.5 Å². The highest BCUT2D eigenvalue weighted by Gasteiger charge is 2.25. The first-order valence-corrected chi connectivity index (χ1v) is 10.3. The monoisotopic (exact) mass is 388 g/mol. The van der Waals surface area contributed by atoms with Gasteiger partial charge in [-0.15, -0.1) is 0 Å². The third-order valence-corrected chi connectivity index (χ3v) is 5.83. The molecule has 148 valence electrons. The number of hydrogen-bond donors (Lipinski definition) is 1. The zero-order valence-corrected chi connectivity index (χ0v) is 16.3. The number of aromatic nitrogens is 4. The van der Waals surface area contributed by atoms with Crippen LogP contribution >= 0.6 is 0 Å². The highest BCUT2D eigenvalue weighted by atomic mass is 16.1. The fourth-order valence-electron chi connectivity index (χ4n) is 3.97. The Hall–Kier alpha value is -3.22. The molecule has 2 aromatic heterocycles. The number of carbonyl (C=O) groups excluding carboxylic acids is 1. The van der Waals surface area contributed by atoms with Crippen molar-refractivity contribution in [1.29, 1.82) is 0 Å². The van der Waals surface area contributed by atoms with Crippen molar-refractivity contribution in [3.05, 3.63) is 54.6 Å². The molecule has 7 heteroatoms. The van der Waals surface area contributed by atoms with Gasteiger partial charge in [0.2, 0.25) is 0 Å². The molecular formula is C22H24N6O. The Balaban J connectivity index is 1.49. The summed E-state index contributed by atoms with van der Waals surface area (Å²) in [6.45, 7) is 1.88. The number of hydrogen-bond acceptors (Lipinski definition) is 5. The topological polar surface area (TPSA) is 75.9 Å². The van der Waals surface area contributed by atoms with Gasteiger partial charge in [0.1, 0.15) is 12.0 Å². The summed E-state index contributed by atoms with van der Waals surface area (Å²) in [5, 5.41) is 7.50. The zero-order valence-electron chi connectivity index (χ0n) is 16.3. The smallest absolute Gasteiger partial charge is 0.259 e. The fourth-order valence-corrected chi connectivity index (χ4v) is 3.97. The molecule has 2 fully saturated rings. The molecule has 0 bridgehead atoms. The molecule has 3 heterocycles. The summed E-state index contributed by atoms with van der Waals surface area (Å²) in [5.41, 5.74) is 2.92. The normalized spacial score (nSPS) is 16.6. The maximum Gasteiger partial charge on any atom is 0.259 e. The standard InChI is InChI=1S/C22H24N6O/c29-22(17-13-25-28(14-17)18-9-6-10-18)26-20-19(16-7-2-1-3-8-16)23-15-24-21(20)27-11-4-5-12-27/h1-3,7-8,13-15,18H,4-6,9-12H2,(H,26,29). The third-order valence-electron chi connectivity index (χ3n) is 5.83. The van der Waals surface area contributed by atoms with Crippen molar-refractivity contribution in [2.75, 3.05) is 23.3 Å². The highest BCUT2D eigenvalue weighted by Crippen LogP contribution is 2.35. The van der Waals surface area contributed by atoms with Crippen LogP contribution in [0.3, 0.4) is 0 Å². The lowest BCUT2D eigenvalue weighted by Gasteiger charge is -2.25. The first kappa shape index (κ1) is 17.8. The molecule has 1 amide bonds. The quantitative estimate of drug-likeness (QED) is 0.717. The summed E-state index contributed by atoms with van der Waals surface area (Å²) in [4.78, 5) is 24.3. The summed E-state index contributed by atoms with van der Waals surface area (Å²) < 4.78 is 1.92. The van der Waals surface area contributed by atoms with Crippen LogP contribution in [0.1, 0.15) is 48.5 Å². The van der Waals surface area contributed by atoms with Crippen LogP contribution in [0.25, 0.3) is 11.3 Å². The lowest BCUT2D eigenvalue weighted by atomic mass is 9.93. The molecule has 1 aromatic carbocycles. The minimum Gasteiger partial charge on any atom is -0.355 e. The van der Waals surface area contributed by atoms with E-state index in [-0.39, 0.29) is 5.91 Å². The van der Waals surface area contributed by atoms with Gasteiger partial charge in [-0.1, -0.05) is 30.3 Å². The van der Waals surface area contributed by atoms with Crippen LogP contribution < -0.4 is 10.2 Å². The first-order chi connectivity index (χ1) is 14.3. The van der Waals surface area contributed by atoms with E-state index in [1.54, 1.807) is 12.5 Å². The van der Waals surface area contributed by atoms with Crippen LogP contribution in [0.2, 0.25) is 0 Å². The lowest BCUT2D eigenvalue weighted by molar-refractivity contribution is 0.102. The number of nitrogens with zero attached hydrogens (tertiary/aromatic N) is 5. The van der Waals surface area contributed by atoms with Crippen molar-refractivity contribution in [2.45, 2.75) is 38.1 Å². The van der Waals surface area contributed by atoms with Crippen molar-refractivity contribution >= 4 is 17.4 Å². The van der Waals surface area contributed by atoms with Crippen LogP contribution in [-0.4, -0.2) is 38.7 Å². The molecule has 1 aliphatic carbocycles. The van der Waals surface area contributed by atoms with Gasteiger partial charge in [-0.2, -0.15) is 5.10 Å². The molecule has 0 atom stereocenters. The van der Waals surface area contributed by atoms with E-state index >= 15 is 0 Å². The average Bonchev–Trinajstić information content (AvgIpc) is 3.40. The average molecular weight is 388 g/mol. The second-order valence-electron chi connectivity index (χ2n) is 7.73. The number of nitrogens with one attached hydrogen (secondary N) is 1. The van der Waals surface area contributed by atoms with Gasteiger partial charge in [0, 0.05) is 24.8 Å². The van der Waals surface area contributed by atoms with Gasteiger partial charge >= 0.3 is 0 Å². The maximum atomic E-state index is 13.1. The molecule has 0 spiro atoms. The number of carbonyl (C=O) groups is 1. The number of amides is 1. The van der Waals surface area contributed by atoms with Gasteiger partial charge in [0.05, 0.1) is 23.5 Å². The third kappa shape index (κ3) is 3.48. The molecule has 1 saturated carbocycles. The number of anilines is 2. The number of rotatable bonds is 5. The minimum absolute atomic E-state index is 0.178. The zero-order chi connectivity index (χ0) is 19.6. The van der Waals surface area contributed by atoms with Crippen LogP contribution in [0.15, 0.2) is 49.1 Å². The molecule has 1 aliphatic heterocycles. The van der Waals surface area contributed by atoms with Crippen molar-refractivity contribution in [2.24, 2.45) is 0 Å². The van der Waals surface area contributed by atoms with E-state index in [0.29, 0.717) is 17.3 Å². The molecule has 0 radical (unpaired) electrons. The summed E-state index contributed by atoms with van der Waals surface area (Å²) >= 11 is 0. The Morgan fingerprint density at radius 2 is 1.83 bits per heavy atom. The fraction of sp³-hybridized carbons (Fsp3) is 0.364. The van der Waals surface area contributed by atoms with Crippen molar-refractivity contribution in [3.63, 3.8) is 0 Å². The van der Waals surface area contributed by atoms with E-state index in [9.17, 15) is 4.79 Å². The molecule has 5 rings (SSSR count). The Bertz CT molecular complexity index is 1010. The Kier molecular flexibility index (Phi) is 4.71. The van der Waals surface area contributed by atoms with Gasteiger partial charge in [-0.05, 0) is 32.1 Å². The second kappa shape index (κ2) is 7.66. The van der Waals surface area contributed by atoms with Gasteiger partial charge in [-0.25, -0.2) is 9.97 Å². The van der Waals surface area contributed by atoms with Crippen molar-refractivity contribution in [3.8, 4) is 11.3 Å². The molecule has 29 heavy (non-hydrogen) atoms. The molecule has 7 nitrogen and oxygen atoms in total. The molecule has 3 aromatic rings. The van der Waals surface area contributed by atoms with Crippen LogP contribution in [-0.2, 0) is 0 Å². The van der Waals surface area contributed by atoms with Gasteiger partial charge < -0.3 is 10.2 Å². The van der Waals surface area contributed by atoms with Crippen LogP contribution in [0.5, 0.6) is 0 Å². The summed E-state index contributed by atoms with van der Waals surface area (Å²) in [6.07, 6.45) is 10.8. The Morgan fingerprint density at radius 3 is 2.55 bits per heavy atom. The Labute approximate surface area is 169 Å². The maximum absolute atomic E-state index is 13.1. The van der Waals surface area contributed by atoms with E-state index in [4.69, 9.17) is 0 Å². The van der Waals surface area contributed by atoms with E-state index in [0.717, 1.165) is 55.8 Å². The van der Waals surface area contributed by atoms with E-state index < -0.39 is 0 Å². The Morgan fingerprint density at radius 1 is 1.03 bits per heavy atom. The number of benzene rings is 1. The predicted molar refractivity (Wildman–Crippen MR) is 112 cm³/mol. The summed E-state index contributed by atoms with van der Waals surface area (Å²) in [7, 11) is 0. The van der Waals surface area contributed by atoms with Crippen molar-refractivity contribution < 1.29 is 4.79 Å². The van der Waals surface area contributed by atoms with Gasteiger partial charge in [0.15, 0.2) is 5.82 Å². The van der Waals surface area contributed by atoms with Crippen molar-refractivity contribution in [1.82, 2.24) is 19.7 Å². The second-order valence-corrected chi connectivity index (χ2v) is 7.73.